The Bertz CT molecular complexity index is 787. The molecule has 5 nitrogen and oxygen atoms in total. The van der Waals surface area contributed by atoms with E-state index in [-0.39, 0.29) is 16.7 Å². The summed E-state index contributed by atoms with van der Waals surface area (Å²) in [6, 6.07) is 11.1. The molecule has 130 valence electrons. The van der Waals surface area contributed by atoms with Crippen molar-refractivity contribution >= 4 is 38.9 Å². The molecule has 8 heteroatoms. The van der Waals surface area contributed by atoms with Crippen molar-refractivity contribution in [3.8, 4) is 0 Å². The topological polar surface area (TPSA) is 72.5 Å². The van der Waals surface area contributed by atoms with Gasteiger partial charge in [-0.15, -0.1) is 11.3 Å². The molecule has 0 amide bonds. The van der Waals surface area contributed by atoms with Gasteiger partial charge < -0.3 is 4.74 Å². The van der Waals surface area contributed by atoms with Crippen molar-refractivity contribution in [3.63, 3.8) is 0 Å². The van der Waals surface area contributed by atoms with E-state index in [9.17, 15) is 13.2 Å². The van der Waals surface area contributed by atoms with Gasteiger partial charge in [0.2, 0.25) is 0 Å². The second-order valence-electron chi connectivity index (χ2n) is 5.39. The van der Waals surface area contributed by atoms with Crippen molar-refractivity contribution in [2.24, 2.45) is 0 Å². The van der Waals surface area contributed by atoms with Crippen LogP contribution in [0.2, 0.25) is 4.34 Å². The summed E-state index contributed by atoms with van der Waals surface area (Å²) in [5.74, 6) is -0.467. The van der Waals surface area contributed by atoms with Crippen LogP contribution >= 0.6 is 22.9 Å². The number of sulfonamides is 1. The van der Waals surface area contributed by atoms with Crippen molar-refractivity contribution in [2.45, 2.75) is 36.6 Å². The van der Waals surface area contributed by atoms with Gasteiger partial charge in [0.1, 0.15) is 4.21 Å². The van der Waals surface area contributed by atoms with Gasteiger partial charge in [0, 0.05) is 0 Å². The highest BCUT2D eigenvalue weighted by Crippen LogP contribution is 2.28. The third-order valence-electron chi connectivity index (χ3n) is 3.05. The highest BCUT2D eigenvalue weighted by Gasteiger charge is 2.25. The van der Waals surface area contributed by atoms with Gasteiger partial charge in [0.05, 0.1) is 22.9 Å². The normalized spacial score (nSPS) is 13.0. The summed E-state index contributed by atoms with van der Waals surface area (Å²) in [5.41, 5.74) is 0.685. The molecule has 1 atom stereocenters. The molecular formula is C16H18ClNO4S2. The molecule has 0 aliphatic heterocycles. The minimum absolute atomic E-state index is 0.0967. The van der Waals surface area contributed by atoms with E-state index in [2.05, 4.69) is 4.72 Å². The first kappa shape index (κ1) is 18.9. The molecule has 0 radical (unpaired) electrons. The molecule has 0 spiro atoms. The lowest BCUT2D eigenvalue weighted by Gasteiger charge is -2.19. The number of ether oxygens (including phenoxy) is 1. The van der Waals surface area contributed by atoms with E-state index in [1.54, 1.807) is 38.1 Å². The third-order valence-corrected chi connectivity index (χ3v) is 6.25. The Kier molecular flexibility index (Phi) is 6.40. The number of carbonyl (C=O) groups excluding carboxylic acids is 1. The average Bonchev–Trinajstić information content (AvgIpc) is 2.94. The van der Waals surface area contributed by atoms with Gasteiger partial charge in [-0.05, 0) is 31.5 Å². The molecule has 2 rings (SSSR count). The van der Waals surface area contributed by atoms with Crippen LogP contribution in [0, 0.1) is 0 Å². The first-order valence-corrected chi connectivity index (χ1v) is 9.98. The van der Waals surface area contributed by atoms with Crippen LogP contribution < -0.4 is 4.72 Å². The fourth-order valence-corrected chi connectivity index (χ4v) is 4.80. The fourth-order valence-electron chi connectivity index (χ4n) is 2.08. The van der Waals surface area contributed by atoms with Gasteiger partial charge in [-0.25, -0.2) is 13.1 Å². The Hall–Kier alpha value is -1.41. The quantitative estimate of drug-likeness (QED) is 0.734. The Morgan fingerprint density at radius 3 is 2.42 bits per heavy atom. The summed E-state index contributed by atoms with van der Waals surface area (Å²) in [6.07, 6.45) is -0.359. The summed E-state index contributed by atoms with van der Waals surface area (Å²) in [5, 5.41) is 0. The van der Waals surface area contributed by atoms with Crippen molar-refractivity contribution < 1.29 is 17.9 Å². The monoisotopic (exact) mass is 387 g/mol. The lowest BCUT2D eigenvalue weighted by Crippen LogP contribution is -2.30. The fraction of sp³-hybridized carbons (Fsp3) is 0.312. The van der Waals surface area contributed by atoms with Crippen LogP contribution in [0.3, 0.4) is 0 Å². The summed E-state index contributed by atoms with van der Waals surface area (Å²) in [6.45, 7) is 3.49. The molecule has 24 heavy (non-hydrogen) atoms. The van der Waals surface area contributed by atoms with E-state index >= 15 is 0 Å². The van der Waals surface area contributed by atoms with Crippen molar-refractivity contribution in [1.29, 1.82) is 0 Å². The molecule has 1 N–H and O–H groups in total. The Morgan fingerprint density at radius 2 is 1.88 bits per heavy atom. The number of thiophene rings is 1. The van der Waals surface area contributed by atoms with Crippen LogP contribution in [0.1, 0.15) is 31.9 Å². The second-order valence-corrected chi connectivity index (χ2v) is 9.04. The first-order chi connectivity index (χ1) is 11.3. The van der Waals surface area contributed by atoms with E-state index in [4.69, 9.17) is 16.3 Å². The number of nitrogens with one attached hydrogen (secondary N) is 1. The number of carbonyl (C=O) groups is 1. The van der Waals surface area contributed by atoms with Crippen molar-refractivity contribution in [3.05, 3.63) is 52.4 Å². The van der Waals surface area contributed by atoms with Crippen LogP contribution in [-0.4, -0.2) is 20.5 Å². The molecule has 1 aromatic carbocycles. The standard InChI is InChI=1S/C16H18ClNO4S2/c1-11(2)22-15(19)10-13(12-6-4-3-5-7-12)18-24(20,21)16-9-8-14(17)23-16/h3-9,11,13,18H,10H2,1-2H3/t13-/m1/s1. The smallest absolute Gasteiger partial charge is 0.308 e. The zero-order chi connectivity index (χ0) is 17.7. The van der Waals surface area contributed by atoms with E-state index in [0.29, 0.717) is 9.90 Å². The highest BCUT2D eigenvalue weighted by molar-refractivity contribution is 7.91. The van der Waals surface area contributed by atoms with Crippen LogP contribution in [0.5, 0.6) is 0 Å². The maximum Gasteiger partial charge on any atom is 0.308 e. The molecule has 0 saturated carbocycles. The van der Waals surface area contributed by atoms with Crippen LogP contribution in [0.15, 0.2) is 46.7 Å². The van der Waals surface area contributed by atoms with Gasteiger partial charge in [0.25, 0.3) is 10.0 Å². The van der Waals surface area contributed by atoms with Crippen LogP contribution in [0.25, 0.3) is 0 Å². The van der Waals surface area contributed by atoms with Gasteiger partial charge in [-0.2, -0.15) is 0 Å². The maximum atomic E-state index is 12.5. The zero-order valence-electron chi connectivity index (χ0n) is 13.2. The number of hydrogen-bond acceptors (Lipinski definition) is 5. The molecular weight excluding hydrogens is 370 g/mol. The number of esters is 1. The molecule has 0 saturated heterocycles. The summed E-state index contributed by atoms with van der Waals surface area (Å²) < 4.78 is 33.2. The number of rotatable bonds is 7. The Morgan fingerprint density at radius 1 is 1.21 bits per heavy atom. The molecule has 0 aliphatic carbocycles. The number of halogens is 1. The lowest BCUT2D eigenvalue weighted by atomic mass is 10.1. The zero-order valence-corrected chi connectivity index (χ0v) is 15.6. The largest absolute Gasteiger partial charge is 0.463 e. The molecule has 0 bridgehead atoms. The van der Waals surface area contributed by atoms with E-state index in [1.807, 2.05) is 6.07 Å². The molecule has 1 heterocycles. The van der Waals surface area contributed by atoms with E-state index < -0.39 is 22.0 Å². The Labute approximate surface area is 150 Å². The summed E-state index contributed by atoms with van der Waals surface area (Å²) in [7, 11) is -3.78. The van der Waals surface area contributed by atoms with E-state index in [1.165, 1.54) is 12.1 Å². The third kappa shape index (κ3) is 5.31. The SMILES string of the molecule is CC(C)OC(=O)C[C@@H](NS(=O)(=O)c1ccc(Cl)s1)c1ccccc1. The van der Waals surface area contributed by atoms with Gasteiger partial charge in [0.15, 0.2) is 0 Å². The lowest BCUT2D eigenvalue weighted by molar-refractivity contribution is -0.147. The molecule has 0 aliphatic rings. The molecule has 1 aromatic heterocycles. The molecule has 0 unspecified atom stereocenters. The van der Waals surface area contributed by atoms with Gasteiger partial charge in [-0.1, -0.05) is 41.9 Å². The van der Waals surface area contributed by atoms with Gasteiger partial charge in [-0.3, -0.25) is 4.79 Å². The van der Waals surface area contributed by atoms with Crippen molar-refractivity contribution in [2.75, 3.05) is 0 Å². The summed E-state index contributed by atoms with van der Waals surface area (Å²) in [4.78, 5) is 12.0. The Balaban J connectivity index is 2.24. The minimum atomic E-state index is -3.78. The first-order valence-electron chi connectivity index (χ1n) is 7.30. The average molecular weight is 388 g/mol. The minimum Gasteiger partial charge on any atom is -0.463 e. The summed E-state index contributed by atoms with van der Waals surface area (Å²) >= 11 is 6.77. The predicted molar refractivity (Wildman–Crippen MR) is 94.7 cm³/mol. The van der Waals surface area contributed by atoms with Crippen molar-refractivity contribution in [1.82, 2.24) is 4.72 Å². The molecule has 2 aromatic rings. The molecule has 0 fully saturated rings. The second kappa shape index (κ2) is 8.11. The van der Waals surface area contributed by atoms with Crippen LogP contribution in [0.4, 0.5) is 0 Å². The van der Waals surface area contributed by atoms with E-state index in [0.717, 1.165) is 11.3 Å². The van der Waals surface area contributed by atoms with Gasteiger partial charge >= 0.3 is 5.97 Å². The number of benzene rings is 1. The van der Waals surface area contributed by atoms with Crippen LogP contribution in [-0.2, 0) is 19.6 Å². The predicted octanol–water partition coefficient (Wildman–Crippen LogP) is 3.76. The maximum absolute atomic E-state index is 12.5. The highest BCUT2D eigenvalue weighted by atomic mass is 35.5. The number of hydrogen-bond donors (Lipinski definition) is 1.